The molecular formula is C13H13ClN2O3. The van der Waals surface area contributed by atoms with Crippen molar-refractivity contribution >= 4 is 35.7 Å². The number of hydrogen-bond donors (Lipinski definition) is 2. The number of carboxylic acid groups (broad SMARTS) is 1. The average Bonchev–Trinajstić information content (AvgIpc) is 2.71. The Morgan fingerprint density at radius 1 is 1.42 bits per heavy atom. The Morgan fingerprint density at radius 3 is 2.84 bits per heavy atom. The van der Waals surface area contributed by atoms with Crippen molar-refractivity contribution in [3.8, 4) is 0 Å². The van der Waals surface area contributed by atoms with E-state index >= 15 is 0 Å². The van der Waals surface area contributed by atoms with Gasteiger partial charge in [-0.2, -0.15) is 0 Å². The quantitative estimate of drug-likeness (QED) is 0.811. The van der Waals surface area contributed by atoms with Crippen LogP contribution in [0.3, 0.4) is 0 Å². The fraction of sp³-hybridized carbons (Fsp3) is 0.231. The Kier molecular flexibility index (Phi) is 3.59. The molecule has 1 aromatic heterocycles. The predicted molar refractivity (Wildman–Crippen MR) is 73.3 cm³/mol. The molecule has 0 unspecified atom stereocenters. The molecule has 1 aliphatic rings. The summed E-state index contributed by atoms with van der Waals surface area (Å²) >= 11 is 0. The van der Waals surface area contributed by atoms with Crippen LogP contribution in [0, 0.1) is 0 Å². The number of para-hydroxylation sites is 1. The Hall–Kier alpha value is -1.85. The Labute approximate surface area is 115 Å². The third-order valence-electron chi connectivity index (χ3n) is 3.46. The van der Waals surface area contributed by atoms with Crippen molar-refractivity contribution in [3.05, 3.63) is 35.5 Å². The first-order valence-electron chi connectivity index (χ1n) is 5.74. The Morgan fingerprint density at radius 2 is 2.16 bits per heavy atom. The van der Waals surface area contributed by atoms with Crippen LogP contribution in [0.15, 0.2) is 24.3 Å². The third kappa shape index (κ3) is 2.01. The number of nitrogens with zero attached hydrogens (tertiary/aromatic N) is 1. The molecule has 1 atom stereocenters. The van der Waals surface area contributed by atoms with Crippen molar-refractivity contribution < 1.29 is 14.7 Å². The second kappa shape index (κ2) is 5.03. The largest absolute Gasteiger partial charge is 0.480 e. The van der Waals surface area contributed by atoms with Gasteiger partial charge in [0.25, 0.3) is 0 Å². The summed E-state index contributed by atoms with van der Waals surface area (Å²) in [6.45, 7) is 0.402. The van der Waals surface area contributed by atoms with E-state index in [1.165, 1.54) is 0 Å². The van der Waals surface area contributed by atoms with Crippen molar-refractivity contribution in [2.75, 3.05) is 0 Å². The van der Waals surface area contributed by atoms with Gasteiger partial charge in [-0.05, 0) is 11.6 Å². The summed E-state index contributed by atoms with van der Waals surface area (Å²) in [6, 6.07) is 6.99. The van der Waals surface area contributed by atoms with Crippen LogP contribution in [0.25, 0.3) is 10.9 Å². The monoisotopic (exact) mass is 280 g/mol. The summed E-state index contributed by atoms with van der Waals surface area (Å²) in [6.07, 6.45) is 1.19. The molecule has 100 valence electrons. The van der Waals surface area contributed by atoms with Gasteiger partial charge in [-0.3, -0.25) is 19.5 Å². The normalized spacial score (nSPS) is 17.6. The molecule has 1 aliphatic heterocycles. The number of hydrogen-bond acceptors (Lipinski definition) is 3. The Balaban J connectivity index is 0.00000133. The number of rotatable bonds is 2. The van der Waals surface area contributed by atoms with Crippen LogP contribution in [-0.2, 0) is 22.6 Å². The van der Waals surface area contributed by atoms with Gasteiger partial charge in [-0.1, -0.05) is 18.2 Å². The van der Waals surface area contributed by atoms with Crippen LogP contribution in [-0.4, -0.2) is 28.1 Å². The lowest BCUT2D eigenvalue weighted by molar-refractivity contribution is -0.139. The number of carbonyl (C=O) groups is 2. The molecule has 0 saturated heterocycles. The molecule has 2 N–H and O–H groups in total. The van der Waals surface area contributed by atoms with Gasteiger partial charge < -0.3 is 5.11 Å². The van der Waals surface area contributed by atoms with E-state index in [1.807, 2.05) is 24.3 Å². The highest BCUT2D eigenvalue weighted by Gasteiger charge is 2.28. The van der Waals surface area contributed by atoms with Crippen molar-refractivity contribution in [1.82, 2.24) is 9.88 Å². The SMILES string of the molecule is Cl.O=Cn1c2c(c3ccccc31)C[C@H](C(=O)O)NC2. The molecule has 0 spiro atoms. The summed E-state index contributed by atoms with van der Waals surface area (Å²) in [4.78, 5) is 22.2. The zero-order valence-electron chi connectivity index (χ0n) is 10.00. The number of halogens is 1. The maximum atomic E-state index is 11.2. The fourth-order valence-electron chi connectivity index (χ4n) is 2.60. The smallest absolute Gasteiger partial charge is 0.321 e. The average molecular weight is 281 g/mol. The molecule has 19 heavy (non-hydrogen) atoms. The van der Waals surface area contributed by atoms with E-state index in [0.29, 0.717) is 13.0 Å². The minimum absolute atomic E-state index is 0. The van der Waals surface area contributed by atoms with Crippen molar-refractivity contribution in [2.24, 2.45) is 0 Å². The number of aliphatic carboxylic acids is 1. The van der Waals surface area contributed by atoms with E-state index in [4.69, 9.17) is 5.11 Å². The summed E-state index contributed by atoms with van der Waals surface area (Å²) in [7, 11) is 0. The molecular weight excluding hydrogens is 268 g/mol. The molecule has 0 saturated carbocycles. The topological polar surface area (TPSA) is 71.3 Å². The highest BCUT2D eigenvalue weighted by Crippen LogP contribution is 2.28. The van der Waals surface area contributed by atoms with Crippen molar-refractivity contribution in [1.29, 1.82) is 0 Å². The van der Waals surface area contributed by atoms with E-state index < -0.39 is 12.0 Å². The first-order valence-corrected chi connectivity index (χ1v) is 5.74. The van der Waals surface area contributed by atoms with Gasteiger partial charge in [0.1, 0.15) is 6.04 Å². The van der Waals surface area contributed by atoms with Crippen molar-refractivity contribution in [2.45, 2.75) is 19.0 Å². The zero-order valence-corrected chi connectivity index (χ0v) is 10.8. The number of aromatic nitrogens is 1. The molecule has 5 nitrogen and oxygen atoms in total. The van der Waals surface area contributed by atoms with Crippen molar-refractivity contribution in [3.63, 3.8) is 0 Å². The fourth-order valence-corrected chi connectivity index (χ4v) is 2.60. The number of fused-ring (bicyclic) bond motifs is 3. The lowest BCUT2D eigenvalue weighted by atomic mass is 9.99. The molecule has 0 fully saturated rings. The van der Waals surface area contributed by atoms with Gasteiger partial charge in [-0.15, -0.1) is 12.4 Å². The highest BCUT2D eigenvalue weighted by molar-refractivity contribution is 5.91. The molecule has 1 aromatic carbocycles. The van der Waals surface area contributed by atoms with Crippen LogP contribution in [0.5, 0.6) is 0 Å². The molecule has 0 bridgehead atoms. The van der Waals surface area contributed by atoms with Gasteiger partial charge in [-0.25, -0.2) is 0 Å². The Bertz CT molecular complexity index is 651. The number of carboxylic acids is 1. The maximum Gasteiger partial charge on any atom is 0.321 e. The van der Waals surface area contributed by atoms with E-state index in [2.05, 4.69) is 5.32 Å². The summed E-state index contributed by atoms with van der Waals surface area (Å²) in [5.74, 6) is -0.858. The second-order valence-corrected chi connectivity index (χ2v) is 4.39. The second-order valence-electron chi connectivity index (χ2n) is 4.39. The maximum absolute atomic E-state index is 11.2. The highest BCUT2D eigenvalue weighted by atomic mass is 35.5. The number of benzene rings is 1. The van der Waals surface area contributed by atoms with Gasteiger partial charge in [0.2, 0.25) is 6.41 Å². The van der Waals surface area contributed by atoms with Crippen LogP contribution in [0.1, 0.15) is 11.3 Å². The summed E-state index contributed by atoms with van der Waals surface area (Å²) in [5.41, 5.74) is 2.66. The van der Waals surface area contributed by atoms with E-state index in [-0.39, 0.29) is 12.4 Å². The first kappa shape index (κ1) is 13.6. The zero-order chi connectivity index (χ0) is 12.7. The molecule has 2 heterocycles. The van der Waals surface area contributed by atoms with Gasteiger partial charge >= 0.3 is 5.97 Å². The van der Waals surface area contributed by atoms with Crippen LogP contribution >= 0.6 is 12.4 Å². The lowest BCUT2D eigenvalue weighted by Gasteiger charge is -2.21. The molecule has 0 radical (unpaired) electrons. The molecule has 0 aliphatic carbocycles. The van der Waals surface area contributed by atoms with Gasteiger partial charge in [0.05, 0.1) is 5.52 Å². The lowest BCUT2D eigenvalue weighted by Crippen LogP contribution is -2.42. The first-order chi connectivity index (χ1) is 8.72. The minimum Gasteiger partial charge on any atom is -0.480 e. The molecule has 3 rings (SSSR count). The number of carbonyl (C=O) groups excluding carboxylic acids is 1. The van der Waals surface area contributed by atoms with E-state index in [9.17, 15) is 9.59 Å². The molecule has 2 aromatic rings. The van der Waals surface area contributed by atoms with Crippen LogP contribution in [0.4, 0.5) is 0 Å². The van der Waals surface area contributed by atoms with Gasteiger partial charge in [0, 0.05) is 24.0 Å². The molecule has 6 heteroatoms. The van der Waals surface area contributed by atoms with E-state index in [1.54, 1.807) is 4.57 Å². The minimum atomic E-state index is -0.858. The van der Waals surface area contributed by atoms with E-state index in [0.717, 1.165) is 28.6 Å². The van der Waals surface area contributed by atoms with Gasteiger partial charge in [0.15, 0.2) is 0 Å². The van der Waals surface area contributed by atoms with Crippen LogP contribution < -0.4 is 5.32 Å². The third-order valence-corrected chi connectivity index (χ3v) is 3.46. The molecule has 0 amide bonds. The summed E-state index contributed by atoms with van der Waals surface area (Å²) in [5, 5.41) is 13.0. The number of nitrogens with one attached hydrogen (secondary N) is 1. The predicted octanol–water partition coefficient (Wildman–Crippen LogP) is 1.20. The standard InChI is InChI=1S/C13H12N2O3.ClH/c16-7-15-11-4-2-1-3-8(11)9-5-10(13(17)18)14-6-12(9)15;/h1-4,7,10,14H,5-6H2,(H,17,18);1H/t10-;/m1./s1. The summed E-state index contributed by atoms with van der Waals surface area (Å²) < 4.78 is 1.59. The van der Waals surface area contributed by atoms with Crippen LogP contribution in [0.2, 0.25) is 0 Å².